The fourth-order valence-corrected chi connectivity index (χ4v) is 239. The van der Waals surface area contributed by atoms with E-state index in [1.807, 2.05) is 0 Å². The summed E-state index contributed by atoms with van der Waals surface area (Å²) >= 11 is -9.02. The molecule has 1 saturated heterocycles. The summed E-state index contributed by atoms with van der Waals surface area (Å²) in [5, 5.41) is 0. The molecule has 0 unspecified atom stereocenters. The first-order valence-electron chi connectivity index (χ1n) is 17.7. The van der Waals surface area contributed by atoms with Crippen LogP contribution in [0, 0.1) is 0 Å². The summed E-state index contributed by atoms with van der Waals surface area (Å²) < 4.78 is 26.4. The van der Waals surface area contributed by atoms with Crippen LogP contribution >= 0.6 is 0 Å². The van der Waals surface area contributed by atoms with E-state index in [2.05, 4.69) is 177 Å². The molecule has 0 atom stereocenters. The number of hydrogen-bond acceptors (Lipinski definition) is 3. The summed E-state index contributed by atoms with van der Waals surface area (Å²) in [6, 6.07) is 0. The molecule has 1 aliphatic heterocycles. The first-order valence-corrected chi connectivity index (χ1v) is 60.5. The molecule has 1 aliphatic rings. The van der Waals surface area contributed by atoms with Crippen LogP contribution in [-0.2, 0) is 4.23 Å². The van der Waals surface area contributed by atoms with Gasteiger partial charge in [-0.1, -0.05) is 0 Å². The Morgan fingerprint density at radius 2 is 0.312 bits per heavy atom. The van der Waals surface area contributed by atoms with Gasteiger partial charge in [-0.3, -0.25) is 0 Å². The quantitative estimate of drug-likeness (QED) is 0.181. The van der Waals surface area contributed by atoms with Gasteiger partial charge in [0, 0.05) is 0 Å². The first-order chi connectivity index (χ1) is 19.1. The van der Waals surface area contributed by atoms with Crippen LogP contribution in [0.1, 0.15) is 0 Å². The molecular weight excluding hydrogens is 1070 g/mol. The van der Waals surface area contributed by atoms with E-state index in [9.17, 15) is 0 Å². The minimum atomic E-state index is -3.01. The fourth-order valence-electron chi connectivity index (χ4n) is 13.7. The summed E-state index contributed by atoms with van der Waals surface area (Å²) in [6.07, 6.45) is 0. The second-order valence-corrected chi connectivity index (χ2v) is 113. The molecule has 291 valence electrons. The molecule has 0 spiro atoms. The average molecular weight is 1150 g/mol. The van der Waals surface area contributed by atoms with Gasteiger partial charge in [-0.25, -0.2) is 0 Å². The Balaban J connectivity index is -0.00000675. The summed E-state index contributed by atoms with van der Waals surface area (Å²) in [4.78, 5) is 0. The van der Waals surface area contributed by atoms with Gasteiger partial charge in [-0.05, 0) is 0 Å². The maximum absolute atomic E-state index is 8.39. The van der Waals surface area contributed by atoms with E-state index in [0.29, 0.717) is 6.90 Å². The molecule has 0 aromatic heterocycles. The molecule has 6 nitrogen and oxygen atoms in total. The SMILES string of the molecule is C[Si](C)(C)[C]([Sn]1[O][Sn]([C]([Si](C)(C)C)([Si](C)(C)C)[Si](C)(C)C)[O][Sn]([C]([Si](C)(C)C)([Si](C)(C)C)[Si](C)(C)C)[O]1)([Si](C)(C)C)[Si](C)(C)C.O.O.O. The zero-order valence-electron chi connectivity index (χ0n) is 37.2. The Morgan fingerprint density at radius 1 is 0.229 bits per heavy atom. The van der Waals surface area contributed by atoms with Crippen LogP contribution < -0.4 is 0 Å². The van der Waals surface area contributed by atoms with Gasteiger partial charge in [0.1, 0.15) is 0 Å². The van der Waals surface area contributed by atoms with E-state index in [1.165, 1.54) is 0 Å². The van der Waals surface area contributed by atoms with E-state index in [4.69, 9.17) is 4.23 Å². The van der Waals surface area contributed by atoms with Crippen molar-refractivity contribution in [2.75, 3.05) is 0 Å². The smallest absolute Gasteiger partial charge is 0.412 e. The fraction of sp³-hybridized carbons (Fsp3) is 1.00. The number of rotatable bonds is 12. The van der Waals surface area contributed by atoms with Crippen molar-refractivity contribution in [3.63, 3.8) is 0 Å². The van der Waals surface area contributed by atoms with Crippen molar-refractivity contribution in [1.82, 2.24) is 0 Å². The van der Waals surface area contributed by atoms with Gasteiger partial charge in [0.25, 0.3) is 0 Å². The predicted molar refractivity (Wildman–Crippen MR) is 250 cm³/mol. The summed E-state index contributed by atoms with van der Waals surface area (Å²) in [7, 11) is -15.4. The van der Waals surface area contributed by atoms with Crippen molar-refractivity contribution in [2.45, 2.75) is 184 Å². The molecule has 0 aromatic rings. The molecule has 0 bridgehead atoms. The monoisotopic (exact) mass is 1160 g/mol. The predicted octanol–water partition coefficient (Wildman–Crippen LogP) is 9.16. The van der Waals surface area contributed by atoms with Crippen molar-refractivity contribution in [2.24, 2.45) is 0 Å². The third-order valence-corrected chi connectivity index (χ3v) is 172. The van der Waals surface area contributed by atoms with Crippen LogP contribution in [0.2, 0.25) is 184 Å². The standard InChI is InChI=1S/3C10H27Si3.3H2O.3O.3Sn/c3*1-11(2,3)10(12(4,5)6)13(7,8)9;;;;;;;;;/h3*1-9H3;3*1H2;;;;;;. The Labute approximate surface area is 334 Å². The van der Waals surface area contributed by atoms with Crippen molar-refractivity contribution in [3.05, 3.63) is 0 Å². The van der Waals surface area contributed by atoms with E-state index < -0.39 is 134 Å². The van der Waals surface area contributed by atoms with E-state index in [0.717, 1.165) is 0 Å². The van der Waals surface area contributed by atoms with Gasteiger partial charge in [0.15, 0.2) is 0 Å². The molecule has 0 aromatic carbocycles. The van der Waals surface area contributed by atoms with Crippen LogP contribution in [0.3, 0.4) is 0 Å². The molecule has 0 amide bonds. The molecule has 3 radical (unpaired) electrons. The van der Waals surface area contributed by atoms with Gasteiger partial charge in [0.2, 0.25) is 0 Å². The molecule has 0 aliphatic carbocycles. The van der Waals surface area contributed by atoms with Crippen molar-refractivity contribution in [1.29, 1.82) is 0 Å². The second-order valence-electron chi connectivity index (χ2n) is 23.7. The summed E-state index contributed by atoms with van der Waals surface area (Å²) in [5.41, 5.74) is 0. The Bertz CT molecular complexity index is 807. The van der Waals surface area contributed by atoms with E-state index in [1.54, 1.807) is 0 Å². The zero-order chi connectivity index (χ0) is 36.9. The van der Waals surface area contributed by atoms with Crippen LogP contribution in [0.25, 0.3) is 0 Å². The van der Waals surface area contributed by atoms with Gasteiger partial charge >= 0.3 is 322 Å². The molecule has 0 saturated carbocycles. The maximum Gasteiger partial charge on any atom is -0.412 e. The third kappa shape index (κ3) is 9.12. The second kappa shape index (κ2) is 16.5. The first kappa shape index (κ1) is 56.4. The van der Waals surface area contributed by atoms with Gasteiger partial charge in [-0.2, -0.15) is 0 Å². The van der Waals surface area contributed by atoms with Crippen LogP contribution in [0.4, 0.5) is 0 Å². The van der Waals surface area contributed by atoms with Gasteiger partial charge in [0.05, 0.1) is 0 Å². The molecule has 1 fully saturated rings. The molecule has 48 heavy (non-hydrogen) atoms. The van der Waals surface area contributed by atoms with Gasteiger partial charge in [-0.15, -0.1) is 0 Å². The maximum atomic E-state index is 8.39. The minimum Gasteiger partial charge on any atom is -0.412 e. The van der Waals surface area contributed by atoms with Gasteiger partial charge < -0.3 is 16.4 Å². The molecular formula is C30H87O6Si9Sn3. The molecule has 1 heterocycles. The normalized spacial score (nSPS) is 18.6. The van der Waals surface area contributed by atoms with Crippen molar-refractivity contribution < 1.29 is 20.7 Å². The zero-order valence-corrected chi connectivity index (χ0v) is 54.8. The minimum absolute atomic E-state index is 0. The molecule has 6 N–H and O–H groups in total. The summed E-state index contributed by atoms with van der Waals surface area (Å²) in [5.74, 6) is 0. The van der Waals surface area contributed by atoms with Crippen LogP contribution in [0.15, 0.2) is 0 Å². The topological polar surface area (TPSA) is 122 Å². The Hall–Kier alpha value is 4.11. The average Bonchev–Trinajstić information content (AvgIpc) is 2.57. The van der Waals surface area contributed by atoms with Crippen LogP contribution in [0.5, 0.6) is 0 Å². The Morgan fingerprint density at radius 3 is 0.375 bits per heavy atom. The van der Waals surface area contributed by atoms with Crippen molar-refractivity contribution >= 4 is 134 Å². The van der Waals surface area contributed by atoms with Crippen LogP contribution in [-0.4, -0.2) is 151 Å². The third-order valence-electron chi connectivity index (χ3n) is 11.6. The molecule has 1 rings (SSSR count). The number of hydrogen-bond donors (Lipinski definition) is 0. The van der Waals surface area contributed by atoms with E-state index >= 15 is 0 Å². The molecule has 18 heteroatoms. The summed E-state index contributed by atoms with van der Waals surface area (Å²) in [6.45, 7) is 74.2. The largest absolute Gasteiger partial charge is 0.412 e. The Kier molecular flexibility index (Phi) is 19.4. The van der Waals surface area contributed by atoms with E-state index in [-0.39, 0.29) is 16.4 Å². The van der Waals surface area contributed by atoms with Crippen molar-refractivity contribution in [3.8, 4) is 0 Å².